The van der Waals surface area contributed by atoms with Gasteiger partial charge in [0.15, 0.2) is 11.5 Å². The second-order valence-electron chi connectivity index (χ2n) is 5.84. The van der Waals surface area contributed by atoms with Crippen molar-refractivity contribution in [2.75, 3.05) is 38.8 Å². The fourth-order valence-electron chi connectivity index (χ4n) is 2.53. The van der Waals surface area contributed by atoms with Gasteiger partial charge in [-0.15, -0.1) is 0 Å². The van der Waals surface area contributed by atoms with Crippen LogP contribution in [-0.4, -0.2) is 50.3 Å². The lowest BCUT2D eigenvalue weighted by Crippen LogP contribution is -2.26. The van der Waals surface area contributed by atoms with Crippen molar-refractivity contribution in [3.63, 3.8) is 0 Å². The van der Waals surface area contributed by atoms with Crippen molar-refractivity contribution >= 4 is 17.5 Å². The lowest BCUT2D eigenvalue weighted by atomic mass is 10.2. The minimum atomic E-state index is -0.416. The summed E-state index contributed by atoms with van der Waals surface area (Å²) < 4.78 is 15.9. The van der Waals surface area contributed by atoms with Crippen LogP contribution < -0.4 is 20.1 Å². The van der Waals surface area contributed by atoms with Crippen LogP contribution in [-0.2, 0) is 4.74 Å². The molecule has 0 bridgehead atoms. The highest BCUT2D eigenvalue weighted by Crippen LogP contribution is 2.32. The second-order valence-corrected chi connectivity index (χ2v) is 5.84. The van der Waals surface area contributed by atoms with Crippen molar-refractivity contribution in [1.29, 1.82) is 0 Å². The normalized spacial score (nSPS) is 12.3. The van der Waals surface area contributed by atoms with Crippen LogP contribution in [0.4, 0.5) is 5.69 Å². The van der Waals surface area contributed by atoms with Gasteiger partial charge in [0.05, 0.1) is 0 Å². The number of hydrogen-bond donors (Lipinski definition) is 2. The zero-order chi connectivity index (χ0) is 19.1. The lowest BCUT2D eigenvalue weighted by molar-refractivity contribution is 0.0948. The number of rotatable bonds is 7. The molecule has 2 N–H and O–H groups in total. The minimum absolute atomic E-state index is 0.148. The Hall–Kier alpha value is -3.13. The van der Waals surface area contributed by atoms with E-state index in [2.05, 4.69) is 15.6 Å². The van der Waals surface area contributed by atoms with Crippen molar-refractivity contribution in [3.05, 3.63) is 47.8 Å². The number of hydrogen-bond acceptors (Lipinski definition) is 6. The summed E-state index contributed by atoms with van der Waals surface area (Å²) in [5, 5.41) is 5.52. The van der Waals surface area contributed by atoms with Gasteiger partial charge in [-0.05, 0) is 30.7 Å². The van der Waals surface area contributed by atoms with Gasteiger partial charge in [-0.3, -0.25) is 14.6 Å². The predicted molar refractivity (Wildman–Crippen MR) is 98.4 cm³/mol. The van der Waals surface area contributed by atoms with Gasteiger partial charge in [-0.2, -0.15) is 0 Å². The smallest absolute Gasteiger partial charge is 0.274 e. The lowest BCUT2D eigenvalue weighted by Gasteiger charge is -2.19. The predicted octanol–water partition coefficient (Wildman–Crippen LogP) is 1.87. The summed E-state index contributed by atoms with van der Waals surface area (Å²) in [4.78, 5) is 28.7. The number of nitrogens with one attached hydrogen (secondary N) is 2. The van der Waals surface area contributed by atoms with E-state index in [9.17, 15) is 9.59 Å². The number of methoxy groups -OCH3 is 1. The van der Waals surface area contributed by atoms with Gasteiger partial charge in [-0.25, -0.2) is 0 Å². The van der Waals surface area contributed by atoms with E-state index in [4.69, 9.17) is 14.2 Å². The molecule has 2 amide bonds. The number of aromatic nitrogens is 1. The Morgan fingerprint density at radius 1 is 1.11 bits per heavy atom. The number of carbonyl (C=O) groups is 2. The summed E-state index contributed by atoms with van der Waals surface area (Å²) in [7, 11) is 1.61. The molecule has 0 aliphatic carbocycles. The molecule has 1 aliphatic rings. The molecule has 8 heteroatoms. The standard InChI is InChI=1S/C19H21N3O5/c1-25-8-2-6-21-18(23)13-5-7-20-15(11-13)19(24)22-14-3-4-16-17(12-14)27-10-9-26-16/h3-5,7,11-12H,2,6,8-10H2,1H3,(H,21,23)(H,22,24). The van der Waals surface area contributed by atoms with Crippen LogP contribution in [0.3, 0.4) is 0 Å². The van der Waals surface area contributed by atoms with E-state index in [0.29, 0.717) is 55.5 Å². The van der Waals surface area contributed by atoms with Crippen LogP contribution in [0.25, 0.3) is 0 Å². The number of pyridine rings is 1. The third kappa shape index (κ3) is 4.95. The van der Waals surface area contributed by atoms with E-state index in [-0.39, 0.29) is 11.6 Å². The Morgan fingerprint density at radius 3 is 2.74 bits per heavy atom. The minimum Gasteiger partial charge on any atom is -0.486 e. The van der Waals surface area contributed by atoms with Crippen molar-refractivity contribution in [2.24, 2.45) is 0 Å². The van der Waals surface area contributed by atoms with E-state index in [1.807, 2.05) is 0 Å². The summed E-state index contributed by atoms with van der Waals surface area (Å²) in [6.45, 7) is 2.03. The molecule has 0 unspecified atom stereocenters. The number of nitrogens with zero attached hydrogens (tertiary/aromatic N) is 1. The SMILES string of the molecule is COCCCNC(=O)c1ccnc(C(=O)Nc2ccc3c(c2)OCCO3)c1. The molecule has 8 nitrogen and oxygen atoms in total. The Kier molecular flexibility index (Phi) is 6.22. The molecule has 0 saturated carbocycles. The second kappa shape index (κ2) is 9.00. The average molecular weight is 371 g/mol. The van der Waals surface area contributed by atoms with Crippen LogP contribution in [0.15, 0.2) is 36.5 Å². The first-order valence-electron chi connectivity index (χ1n) is 8.61. The van der Waals surface area contributed by atoms with Gasteiger partial charge in [0.25, 0.3) is 11.8 Å². The molecular formula is C19H21N3O5. The molecule has 27 heavy (non-hydrogen) atoms. The maximum atomic E-state index is 12.5. The highest BCUT2D eigenvalue weighted by molar-refractivity contribution is 6.04. The van der Waals surface area contributed by atoms with Crippen molar-refractivity contribution in [3.8, 4) is 11.5 Å². The molecule has 0 fully saturated rings. The number of amides is 2. The zero-order valence-electron chi connectivity index (χ0n) is 15.0. The molecule has 1 aromatic carbocycles. The zero-order valence-corrected chi connectivity index (χ0v) is 15.0. The molecule has 3 rings (SSSR count). The molecule has 0 radical (unpaired) electrons. The van der Waals surface area contributed by atoms with Gasteiger partial charge in [0, 0.05) is 43.8 Å². The number of carbonyl (C=O) groups excluding carboxylic acids is 2. The fraction of sp³-hybridized carbons (Fsp3) is 0.316. The quantitative estimate of drug-likeness (QED) is 0.721. The van der Waals surface area contributed by atoms with Crippen LogP contribution in [0.2, 0.25) is 0 Å². The summed E-state index contributed by atoms with van der Waals surface area (Å²) in [6.07, 6.45) is 2.15. The number of anilines is 1. The molecule has 2 heterocycles. The third-order valence-electron chi connectivity index (χ3n) is 3.87. The first-order valence-corrected chi connectivity index (χ1v) is 8.61. The molecule has 0 atom stereocenters. The highest BCUT2D eigenvalue weighted by atomic mass is 16.6. The van der Waals surface area contributed by atoms with Crippen LogP contribution in [0, 0.1) is 0 Å². The van der Waals surface area contributed by atoms with E-state index >= 15 is 0 Å². The summed E-state index contributed by atoms with van der Waals surface area (Å²) in [5.74, 6) is 0.545. The average Bonchev–Trinajstić information content (AvgIpc) is 2.71. The maximum Gasteiger partial charge on any atom is 0.274 e. The van der Waals surface area contributed by atoms with Gasteiger partial charge in [-0.1, -0.05) is 0 Å². The first kappa shape index (κ1) is 18.7. The molecule has 1 aliphatic heterocycles. The number of benzene rings is 1. The third-order valence-corrected chi connectivity index (χ3v) is 3.87. The maximum absolute atomic E-state index is 12.5. The van der Waals surface area contributed by atoms with Gasteiger partial charge in [0.2, 0.25) is 0 Å². The Balaban J connectivity index is 1.64. The molecule has 0 spiro atoms. The van der Waals surface area contributed by atoms with Crippen LogP contribution in [0.5, 0.6) is 11.5 Å². The summed E-state index contributed by atoms with van der Waals surface area (Å²) in [5.41, 5.74) is 1.07. The molecule has 0 saturated heterocycles. The van der Waals surface area contributed by atoms with Crippen molar-refractivity contribution in [2.45, 2.75) is 6.42 Å². The van der Waals surface area contributed by atoms with Crippen LogP contribution >= 0.6 is 0 Å². The fourth-order valence-corrected chi connectivity index (χ4v) is 2.53. The number of ether oxygens (including phenoxy) is 3. The highest BCUT2D eigenvalue weighted by Gasteiger charge is 2.15. The topological polar surface area (TPSA) is 98.8 Å². The van der Waals surface area contributed by atoms with Gasteiger partial charge >= 0.3 is 0 Å². The van der Waals surface area contributed by atoms with Crippen molar-refractivity contribution in [1.82, 2.24) is 10.3 Å². The van der Waals surface area contributed by atoms with Crippen molar-refractivity contribution < 1.29 is 23.8 Å². The molecular weight excluding hydrogens is 350 g/mol. The molecule has 2 aromatic rings. The number of fused-ring (bicyclic) bond motifs is 1. The Labute approximate surface area is 156 Å². The summed E-state index contributed by atoms with van der Waals surface area (Å²) >= 11 is 0. The monoisotopic (exact) mass is 371 g/mol. The van der Waals surface area contributed by atoms with E-state index in [1.165, 1.54) is 12.3 Å². The van der Waals surface area contributed by atoms with Gasteiger partial charge < -0.3 is 24.8 Å². The molecule has 142 valence electrons. The van der Waals surface area contributed by atoms with E-state index in [1.54, 1.807) is 31.4 Å². The van der Waals surface area contributed by atoms with E-state index < -0.39 is 5.91 Å². The molecule has 1 aromatic heterocycles. The summed E-state index contributed by atoms with van der Waals surface area (Å²) in [6, 6.07) is 8.17. The largest absolute Gasteiger partial charge is 0.486 e. The van der Waals surface area contributed by atoms with Crippen LogP contribution in [0.1, 0.15) is 27.3 Å². The Morgan fingerprint density at radius 2 is 1.93 bits per heavy atom. The first-order chi connectivity index (χ1) is 13.2. The Bertz CT molecular complexity index is 825. The van der Waals surface area contributed by atoms with Gasteiger partial charge in [0.1, 0.15) is 18.9 Å². The van der Waals surface area contributed by atoms with E-state index in [0.717, 1.165) is 0 Å².